The average Bonchev–Trinajstić information content (AvgIpc) is 2.44. The zero-order valence-electron chi connectivity index (χ0n) is 11.5. The van der Waals surface area contributed by atoms with Gasteiger partial charge >= 0.3 is 0 Å². The highest BCUT2D eigenvalue weighted by molar-refractivity contribution is 9.10. The standard InChI is InChI=1S/C15H19BrFNO2/c1-10-4-6-15(9-19,7-5-10)18-14(20)11-2-3-12(16)13(17)8-11/h2-3,8,10,19H,4-7,9H2,1H3,(H,18,20). The summed E-state index contributed by atoms with van der Waals surface area (Å²) in [5.41, 5.74) is -0.287. The first-order chi connectivity index (χ1) is 9.46. The number of aliphatic hydroxyl groups excluding tert-OH is 1. The normalized spacial score (nSPS) is 26.3. The van der Waals surface area contributed by atoms with E-state index in [9.17, 15) is 14.3 Å². The Hall–Kier alpha value is -0.940. The van der Waals surface area contributed by atoms with E-state index in [1.54, 1.807) is 6.07 Å². The summed E-state index contributed by atoms with van der Waals surface area (Å²) >= 11 is 3.06. The van der Waals surface area contributed by atoms with Gasteiger partial charge in [-0.1, -0.05) is 6.92 Å². The van der Waals surface area contributed by atoms with Crippen LogP contribution in [0, 0.1) is 11.7 Å². The quantitative estimate of drug-likeness (QED) is 0.884. The molecule has 0 saturated heterocycles. The second-order valence-corrected chi connectivity index (χ2v) is 6.56. The molecule has 2 rings (SSSR count). The Morgan fingerprint density at radius 2 is 2.15 bits per heavy atom. The third kappa shape index (κ3) is 3.38. The van der Waals surface area contributed by atoms with Gasteiger partial charge in [-0.25, -0.2) is 4.39 Å². The third-order valence-electron chi connectivity index (χ3n) is 4.09. The molecule has 1 aliphatic rings. The van der Waals surface area contributed by atoms with Crippen LogP contribution < -0.4 is 5.32 Å². The van der Waals surface area contributed by atoms with E-state index in [1.165, 1.54) is 12.1 Å². The molecule has 0 aliphatic heterocycles. The number of amides is 1. The van der Waals surface area contributed by atoms with E-state index in [0.29, 0.717) is 10.4 Å². The Bertz CT molecular complexity index is 499. The lowest BCUT2D eigenvalue weighted by Gasteiger charge is -2.38. The lowest BCUT2D eigenvalue weighted by Crippen LogP contribution is -2.53. The summed E-state index contributed by atoms with van der Waals surface area (Å²) in [6.45, 7) is 2.09. The Morgan fingerprint density at radius 1 is 1.50 bits per heavy atom. The molecule has 3 nitrogen and oxygen atoms in total. The van der Waals surface area contributed by atoms with E-state index in [1.807, 2.05) is 0 Å². The fourth-order valence-corrected chi connectivity index (χ4v) is 2.83. The van der Waals surface area contributed by atoms with Gasteiger partial charge in [0.25, 0.3) is 5.91 Å². The molecule has 110 valence electrons. The maximum absolute atomic E-state index is 13.5. The summed E-state index contributed by atoms with van der Waals surface area (Å²) in [6.07, 6.45) is 3.48. The summed E-state index contributed by atoms with van der Waals surface area (Å²) in [7, 11) is 0. The number of hydrogen-bond acceptors (Lipinski definition) is 2. The Kier molecular flexibility index (Phi) is 4.81. The minimum absolute atomic E-state index is 0.0789. The van der Waals surface area contributed by atoms with Gasteiger partial charge in [-0.3, -0.25) is 4.79 Å². The first kappa shape index (κ1) is 15.4. The van der Waals surface area contributed by atoms with E-state index in [-0.39, 0.29) is 18.1 Å². The highest BCUT2D eigenvalue weighted by Crippen LogP contribution is 2.32. The molecule has 1 aromatic rings. The van der Waals surface area contributed by atoms with E-state index >= 15 is 0 Å². The van der Waals surface area contributed by atoms with E-state index in [2.05, 4.69) is 28.2 Å². The van der Waals surface area contributed by atoms with Crippen molar-refractivity contribution in [3.63, 3.8) is 0 Å². The highest BCUT2D eigenvalue weighted by atomic mass is 79.9. The van der Waals surface area contributed by atoms with Crippen molar-refractivity contribution in [3.05, 3.63) is 34.1 Å². The number of carbonyl (C=O) groups excluding carboxylic acids is 1. The van der Waals surface area contributed by atoms with Crippen LogP contribution in [0.4, 0.5) is 4.39 Å². The summed E-state index contributed by atoms with van der Waals surface area (Å²) in [6, 6.07) is 4.29. The van der Waals surface area contributed by atoms with Gasteiger partial charge < -0.3 is 10.4 Å². The maximum Gasteiger partial charge on any atom is 0.251 e. The average molecular weight is 344 g/mol. The van der Waals surface area contributed by atoms with Crippen molar-refractivity contribution >= 4 is 21.8 Å². The van der Waals surface area contributed by atoms with Gasteiger partial charge in [0, 0.05) is 5.56 Å². The lowest BCUT2D eigenvalue weighted by atomic mass is 9.77. The molecule has 0 atom stereocenters. The van der Waals surface area contributed by atoms with Crippen molar-refractivity contribution < 1.29 is 14.3 Å². The lowest BCUT2D eigenvalue weighted by molar-refractivity contribution is 0.0716. The van der Waals surface area contributed by atoms with E-state index in [0.717, 1.165) is 25.7 Å². The molecular formula is C15H19BrFNO2. The molecular weight excluding hydrogens is 325 g/mol. The fourth-order valence-electron chi connectivity index (χ4n) is 2.59. The van der Waals surface area contributed by atoms with Crippen LogP contribution in [0.25, 0.3) is 0 Å². The number of carbonyl (C=O) groups is 1. The first-order valence-corrected chi connectivity index (χ1v) is 7.63. The van der Waals surface area contributed by atoms with Crippen LogP contribution in [0.1, 0.15) is 43.0 Å². The van der Waals surface area contributed by atoms with Crippen molar-refractivity contribution in [1.82, 2.24) is 5.32 Å². The molecule has 0 heterocycles. The maximum atomic E-state index is 13.5. The monoisotopic (exact) mass is 343 g/mol. The minimum Gasteiger partial charge on any atom is -0.394 e. The van der Waals surface area contributed by atoms with Crippen LogP contribution in [0.3, 0.4) is 0 Å². The molecule has 0 bridgehead atoms. The number of halogens is 2. The molecule has 0 aromatic heterocycles. The summed E-state index contributed by atoms with van der Waals surface area (Å²) in [4.78, 5) is 12.2. The smallest absolute Gasteiger partial charge is 0.251 e. The molecule has 1 saturated carbocycles. The molecule has 1 fully saturated rings. The second kappa shape index (κ2) is 6.22. The van der Waals surface area contributed by atoms with Crippen molar-refractivity contribution in [2.75, 3.05) is 6.61 Å². The molecule has 1 amide bonds. The Balaban J connectivity index is 2.11. The Labute approximate surface area is 126 Å². The van der Waals surface area contributed by atoms with Gasteiger partial charge in [0.05, 0.1) is 16.6 Å². The highest BCUT2D eigenvalue weighted by Gasteiger charge is 2.35. The van der Waals surface area contributed by atoms with E-state index in [4.69, 9.17) is 0 Å². The fraction of sp³-hybridized carbons (Fsp3) is 0.533. The number of hydrogen-bond donors (Lipinski definition) is 2. The van der Waals surface area contributed by atoms with Gasteiger partial charge in [-0.15, -0.1) is 0 Å². The Morgan fingerprint density at radius 3 is 2.70 bits per heavy atom. The van der Waals surface area contributed by atoms with Crippen molar-refractivity contribution in [2.24, 2.45) is 5.92 Å². The van der Waals surface area contributed by atoms with Gasteiger partial charge in [-0.05, 0) is 65.7 Å². The number of aliphatic hydroxyl groups is 1. The van der Waals surface area contributed by atoms with Gasteiger partial charge in [0.1, 0.15) is 5.82 Å². The third-order valence-corrected chi connectivity index (χ3v) is 4.74. The summed E-state index contributed by atoms with van der Waals surface area (Å²) in [5.74, 6) is -0.176. The topological polar surface area (TPSA) is 49.3 Å². The summed E-state index contributed by atoms with van der Waals surface area (Å²) < 4.78 is 13.8. The largest absolute Gasteiger partial charge is 0.394 e. The van der Waals surface area contributed by atoms with Crippen LogP contribution in [0.2, 0.25) is 0 Å². The zero-order valence-corrected chi connectivity index (χ0v) is 13.0. The minimum atomic E-state index is -0.562. The number of rotatable bonds is 3. The van der Waals surface area contributed by atoms with Crippen molar-refractivity contribution in [3.8, 4) is 0 Å². The van der Waals surface area contributed by atoms with Gasteiger partial charge in [0.15, 0.2) is 0 Å². The van der Waals surface area contributed by atoms with Crippen LogP contribution in [0.15, 0.2) is 22.7 Å². The molecule has 0 spiro atoms. The van der Waals surface area contributed by atoms with Crippen LogP contribution in [0.5, 0.6) is 0 Å². The molecule has 5 heteroatoms. The number of benzene rings is 1. The first-order valence-electron chi connectivity index (χ1n) is 6.84. The molecule has 2 N–H and O–H groups in total. The molecule has 20 heavy (non-hydrogen) atoms. The van der Waals surface area contributed by atoms with E-state index < -0.39 is 11.4 Å². The van der Waals surface area contributed by atoms with Crippen LogP contribution >= 0.6 is 15.9 Å². The van der Waals surface area contributed by atoms with Crippen LogP contribution in [-0.2, 0) is 0 Å². The predicted molar refractivity (Wildman–Crippen MR) is 79.0 cm³/mol. The molecule has 1 aliphatic carbocycles. The second-order valence-electron chi connectivity index (χ2n) is 5.70. The zero-order chi connectivity index (χ0) is 14.8. The SMILES string of the molecule is CC1CCC(CO)(NC(=O)c2ccc(Br)c(F)c2)CC1. The molecule has 1 aromatic carbocycles. The predicted octanol–water partition coefficient (Wildman–Crippen LogP) is 3.26. The summed E-state index contributed by atoms with van der Waals surface area (Å²) in [5, 5.41) is 12.5. The molecule has 0 unspecified atom stereocenters. The van der Waals surface area contributed by atoms with Crippen molar-refractivity contribution in [1.29, 1.82) is 0 Å². The number of nitrogens with one attached hydrogen (secondary N) is 1. The van der Waals surface area contributed by atoms with Gasteiger partial charge in [-0.2, -0.15) is 0 Å². The van der Waals surface area contributed by atoms with Gasteiger partial charge in [0.2, 0.25) is 0 Å². The van der Waals surface area contributed by atoms with Crippen molar-refractivity contribution in [2.45, 2.75) is 38.1 Å². The molecule has 0 radical (unpaired) electrons. The van der Waals surface area contributed by atoms with Crippen LogP contribution in [-0.4, -0.2) is 23.2 Å².